The summed E-state index contributed by atoms with van der Waals surface area (Å²) in [5.74, 6) is 0. The lowest BCUT2D eigenvalue weighted by molar-refractivity contribution is -0.688. The number of hydrogen-bond acceptors (Lipinski definition) is 1. The molecular weight excluding hydrogens is 318 g/mol. The highest BCUT2D eigenvalue weighted by Gasteiger charge is 2.03. The highest BCUT2D eigenvalue weighted by atomic mass is 79.9. The van der Waals surface area contributed by atoms with E-state index in [-0.39, 0.29) is 17.0 Å². The Kier molecular flexibility index (Phi) is 4.88. The van der Waals surface area contributed by atoms with Crippen molar-refractivity contribution in [2.24, 2.45) is 0 Å². The molecule has 0 aliphatic carbocycles. The summed E-state index contributed by atoms with van der Waals surface area (Å²) < 4.78 is 2.20. The molecule has 0 saturated carbocycles. The van der Waals surface area contributed by atoms with Crippen LogP contribution in [-0.2, 0) is 6.54 Å². The number of hydrogen-bond donors (Lipinski definition) is 0. The van der Waals surface area contributed by atoms with Crippen LogP contribution >= 0.6 is 11.3 Å². The number of thiophene rings is 1. The Balaban J connectivity index is 0.00000133. The average Bonchev–Trinajstić information content (AvgIpc) is 2.95. The van der Waals surface area contributed by atoms with Crippen molar-refractivity contribution < 1.29 is 21.5 Å². The monoisotopic (exact) mass is 331 g/mol. The number of nitrogens with zero attached hydrogens (tertiary/aromatic N) is 1. The van der Waals surface area contributed by atoms with Crippen LogP contribution in [0.15, 0.2) is 71.7 Å². The van der Waals surface area contributed by atoms with Crippen LogP contribution in [0.1, 0.15) is 5.56 Å². The Bertz CT molecular complexity index is 603. The zero-order valence-electron chi connectivity index (χ0n) is 10.4. The van der Waals surface area contributed by atoms with Crippen LogP contribution in [0.2, 0.25) is 0 Å². The first-order valence-electron chi connectivity index (χ1n) is 5.97. The predicted octanol–water partition coefficient (Wildman–Crippen LogP) is 0.755. The molecule has 96 valence electrons. The summed E-state index contributed by atoms with van der Waals surface area (Å²) in [4.78, 5) is 0. The van der Waals surface area contributed by atoms with Crippen molar-refractivity contribution in [3.05, 3.63) is 77.2 Å². The smallest absolute Gasteiger partial charge is 0.173 e. The molecule has 0 aliphatic heterocycles. The van der Waals surface area contributed by atoms with E-state index in [0.29, 0.717) is 0 Å². The van der Waals surface area contributed by atoms with Gasteiger partial charge in [-0.3, -0.25) is 0 Å². The molecule has 0 unspecified atom stereocenters. The Morgan fingerprint density at radius 1 is 0.842 bits per heavy atom. The van der Waals surface area contributed by atoms with Crippen molar-refractivity contribution in [3.63, 3.8) is 0 Å². The fourth-order valence-corrected chi connectivity index (χ4v) is 2.64. The van der Waals surface area contributed by atoms with Crippen LogP contribution < -0.4 is 21.5 Å². The molecule has 3 heteroatoms. The summed E-state index contributed by atoms with van der Waals surface area (Å²) in [5, 5.41) is 4.29. The number of benzene rings is 1. The summed E-state index contributed by atoms with van der Waals surface area (Å²) >= 11 is 1.73. The second kappa shape index (κ2) is 6.64. The van der Waals surface area contributed by atoms with Gasteiger partial charge in [-0.15, -0.1) is 0 Å². The van der Waals surface area contributed by atoms with E-state index in [2.05, 4.69) is 70.2 Å². The first-order chi connectivity index (χ1) is 8.92. The van der Waals surface area contributed by atoms with Crippen LogP contribution in [0.4, 0.5) is 0 Å². The first-order valence-corrected chi connectivity index (χ1v) is 6.92. The van der Waals surface area contributed by atoms with E-state index in [4.69, 9.17) is 0 Å². The van der Waals surface area contributed by atoms with Gasteiger partial charge in [-0.25, -0.2) is 4.57 Å². The molecule has 0 bridgehead atoms. The molecule has 1 aromatic carbocycles. The van der Waals surface area contributed by atoms with E-state index < -0.39 is 0 Å². The molecule has 0 fully saturated rings. The van der Waals surface area contributed by atoms with E-state index in [9.17, 15) is 0 Å². The SMILES string of the molecule is [Br-].c1ccc(C[n+]2ccc(-c3ccsc3)cc2)cc1. The molecule has 0 aliphatic rings. The standard InChI is InChI=1S/C16H14NS.BrH/c1-2-4-14(5-3-1)12-17-9-6-15(7-10-17)16-8-11-18-13-16;/h1-11,13H,12H2;1H/q+1;/p-1. The first kappa shape index (κ1) is 14.0. The Labute approximate surface area is 127 Å². The molecule has 0 atom stereocenters. The Hall–Kier alpha value is -1.45. The molecule has 0 saturated heterocycles. The maximum absolute atomic E-state index is 2.20. The topological polar surface area (TPSA) is 3.88 Å². The lowest BCUT2D eigenvalue weighted by Gasteiger charge is -1.99. The van der Waals surface area contributed by atoms with Gasteiger partial charge in [0.2, 0.25) is 0 Å². The molecule has 1 nitrogen and oxygen atoms in total. The average molecular weight is 332 g/mol. The van der Waals surface area contributed by atoms with Crippen molar-refractivity contribution in [1.82, 2.24) is 0 Å². The molecule has 19 heavy (non-hydrogen) atoms. The summed E-state index contributed by atoms with van der Waals surface area (Å²) in [6, 6.07) is 17.0. The van der Waals surface area contributed by atoms with Crippen LogP contribution in [-0.4, -0.2) is 0 Å². The minimum absolute atomic E-state index is 0. The zero-order valence-corrected chi connectivity index (χ0v) is 12.8. The molecule has 0 radical (unpaired) electrons. The summed E-state index contributed by atoms with van der Waals surface area (Å²) in [6.07, 6.45) is 4.28. The number of rotatable bonds is 3. The molecule has 0 N–H and O–H groups in total. The van der Waals surface area contributed by atoms with Gasteiger partial charge in [0.1, 0.15) is 0 Å². The molecule has 0 amide bonds. The number of pyridine rings is 1. The van der Waals surface area contributed by atoms with Crippen molar-refractivity contribution >= 4 is 11.3 Å². The van der Waals surface area contributed by atoms with E-state index >= 15 is 0 Å². The van der Waals surface area contributed by atoms with Crippen LogP contribution in [0, 0.1) is 0 Å². The summed E-state index contributed by atoms with van der Waals surface area (Å²) in [6.45, 7) is 0.921. The summed E-state index contributed by atoms with van der Waals surface area (Å²) in [7, 11) is 0. The highest BCUT2D eigenvalue weighted by molar-refractivity contribution is 7.08. The summed E-state index contributed by atoms with van der Waals surface area (Å²) in [5.41, 5.74) is 3.90. The van der Waals surface area contributed by atoms with Gasteiger partial charge in [0.05, 0.1) is 0 Å². The van der Waals surface area contributed by atoms with Gasteiger partial charge in [-0.1, -0.05) is 30.3 Å². The zero-order chi connectivity index (χ0) is 12.2. The van der Waals surface area contributed by atoms with Gasteiger partial charge in [-0.05, 0) is 28.0 Å². The lowest BCUT2D eigenvalue weighted by atomic mass is 10.1. The fourth-order valence-electron chi connectivity index (χ4n) is 1.98. The van der Waals surface area contributed by atoms with Crippen LogP contribution in [0.3, 0.4) is 0 Å². The number of aromatic nitrogens is 1. The van der Waals surface area contributed by atoms with Gasteiger partial charge in [-0.2, -0.15) is 11.3 Å². The largest absolute Gasteiger partial charge is 1.00 e. The van der Waals surface area contributed by atoms with E-state index in [1.807, 2.05) is 6.07 Å². The van der Waals surface area contributed by atoms with Gasteiger partial charge in [0.25, 0.3) is 0 Å². The van der Waals surface area contributed by atoms with E-state index in [1.165, 1.54) is 16.7 Å². The van der Waals surface area contributed by atoms with Crippen molar-refractivity contribution in [1.29, 1.82) is 0 Å². The third kappa shape index (κ3) is 3.52. The Morgan fingerprint density at radius 3 is 2.21 bits per heavy atom. The maximum atomic E-state index is 2.20. The van der Waals surface area contributed by atoms with Gasteiger partial charge >= 0.3 is 0 Å². The molecule has 3 aromatic rings. The van der Waals surface area contributed by atoms with Gasteiger partial charge in [0, 0.05) is 17.7 Å². The number of halogens is 1. The van der Waals surface area contributed by atoms with E-state index in [1.54, 1.807) is 11.3 Å². The van der Waals surface area contributed by atoms with E-state index in [0.717, 1.165) is 6.54 Å². The third-order valence-corrected chi connectivity index (χ3v) is 3.64. The maximum Gasteiger partial charge on any atom is 0.173 e. The molecule has 3 rings (SSSR count). The van der Waals surface area contributed by atoms with Gasteiger partial charge < -0.3 is 17.0 Å². The van der Waals surface area contributed by atoms with Crippen molar-refractivity contribution in [3.8, 4) is 11.1 Å². The normalized spacial score (nSPS) is 9.89. The van der Waals surface area contributed by atoms with Crippen LogP contribution in [0.5, 0.6) is 0 Å². The molecular formula is C16H14BrNS. The predicted molar refractivity (Wildman–Crippen MR) is 75.5 cm³/mol. The minimum Gasteiger partial charge on any atom is -1.00 e. The lowest BCUT2D eigenvalue weighted by Crippen LogP contribution is -3.00. The minimum atomic E-state index is 0. The quantitative estimate of drug-likeness (QED) is 0.624. The second-order valence-electron chi connectivity index (χ2n) is 4.26. The van der Waals surface area contributed by atoms with Gasteiger partial charge in [0.15, 0.2) is 18.9 Å². The van der Waals surface area contributed by atoms with Crippen LogP contribution in [0.25, 0.3) is 11.1 Å². The Morgan fingerprint density at radius 2 is 1.58 bits per heavy atom. The molecule has 2 aromatic heterocycles. The molecule has 0 spiro atoms. The fraction of sp³-hybridized carbons (Fsp3) is 0.0625. The highest BCUT2D eigenvalue weighted by Crippen LogP contribution is 2.20. The van der Waals surface area contributed by atoms with Crippen molar-refractivity contribution in [2.75, 3.05) is 0 Å². The third-order valence-electron chi connectivity index (χ3n) is 2.95. The second-order valence-corrected chi connectivity index (χ2v) is 5.04. The molecule has 2 heterocycles. The van der Waals surface area contributed by atoms with Crippen molar-refractivity contribution in [2.45, 2.75) is 6.54 Å².